The zero-order chi connectivity index (χ0) is 27.9. The van der Waals surface area contributed by atoms with Gasteiger partial charge in [0.15, 0.2) is 5.96 Å². The second kappa shape index (κ2) is 15.6. The first kappa shape index (κ1) is 29.8. The maximum absolute atomic E-state index is 12.9. The lowest BCUT2D eigenvalue weighted by Crippen LogP contribution is -2.54. The molecule has 2 aromatic rings. The molecule has 0 saturated carbocycles. The summed E-state index contributed by atoms with van der Waals surface area (Å²) in [6.45, 7) is -0.244. The summed E-state index contributed by atoms with van der Waals surface area (Å²) in [6.07, 6.45) is 0.905. The van der Waals surface area contributed by atoms with Crippen LogP contribution in [0, 0.1) is 0 Å². The number of nitrogens with two attached hydrogens (primary N) is 3. The number of nitrogens with one attached hydrogen (secondary N) is 3. The topological polar surface area (TPSA) is 215 Å². The summed E-state index contributed by atoms with van der Waals surface area (Å²) in [4.78, 5) is 53.4. The number of benzene rings is 2. The number of hydrogen-bond donors (Lipinski definition) is 7. The van der Waals surface area contributed by atoms with E-state index in [0.29, 0.717) is 6.42 Å². The SMILES string of the molecule is NC(N)=NCCCC(NC(=O)C(N)Cc1ccccc1)C(=O)NCC(=O)NC(Cc1ccccc1)C(=O)O. The molecule has 2 rings (SSSR count). The average Bonchev–Trinajstić information content (AvgIpc) is 2.89. The van der Waals surface area contributed by atoms with Crippen molar-refractivity contribution in [1.82, 2.24) is 16.0 Å². The Hall–Kier alpha value is -4.45. The van der Waals surface area contributed by atoms with Crippen LogP contribution < -0.4 is 33.2 Å². The van der Waals surface area contributed by atoms with Gasteiger partial charge >= 0.3 is 5.97 Å². The molecule has 0 bridgehead atoms. The van der Waals surface area contributed by atoms with Crippen LogP contribution >= 0.6 is 0 Å². The zero-order valence-electron chi connectivity index (χ0n) is 21.0. The number of nitrogens with zero attached hydrogens (tertiary/aromatic N) is 1. The van der Waals surface area contributed by atoms with E-state index in [1.54, 1.807) is 30.3 Å². The molecule has 10 N–H and O–H groups in total. The maximum Gasteiger partial charge on any atom is 0.326 e. The van der Waals surface area contributed by atoms with Gasteiger partial charge in [0.25, 0.3) is 0 Å². The number of carbonyl (C=O) groups is 4. The molecule has 12 nitrogen and oxygen atoms in total. The highest BCUT2D eigenvalue weighted by molar-refractivity contribution is 5.92. The van der Waals surface area contributed by atoms with Gasteiger partial charge in [0.2, 0.25) is 17.7 Å². The van der Waals surface area contributed by atoms with Crippen molar-refractivity contribution < 1.29 is 24.3 Å². The van der Waals surface area contributed by atoms with E-state index in [1.807, 2.05) is 30.3 Å². The molecule has 12 heteroatoms. The predicted molar refractivity (Wildman–Crippen MR) is 143 cm³/mol. The quantitative estimate of drug-likeness (QED) is 0.0869. The molecule has 0 aliphatic carbocycles. The second-order valence-electron chi connectivity index (χ2n) is 8.67. The van der Waals surface area contributed by atoms with Crippen molar-refractivity contribution in [1.29, 1.82) is 0 Å². The summed E-state index contributed by atoms with van der Waals surface area (Å²) in [5, 5.41) is 17.0. The summed E-state index contributed by atoms with van der Waals surface area (Å²) >= 11 is 0. The van der Waals surface area contributed by atoms with Crippen molar-refractivity contribution in [2.75, 3.05) is 13.1 Å². The summed E-state index contributed by atoms with van der Waals surface area (Å²) in [6, 6.07) is 15.0. The first-order chi connectivity index (χ1) is 18.2. The van der Waals surface area contributed by atoms with E-state index >= 15 is 0 Å². The predicted octanol–water partition coefficient (Wildman–Crippen LogP) is -0.977. The third-order valence-corrected chi connectivity index (χ3v) is 5.55. The number of rotatable bonds is 15. The largest absolute Gasteiger partial charge is 0.480 e. The first-order valence-corrected chi connectivity index (χ1v) is 12.1. The molecule has 0 aromatic heterocycles. The Kier molecular flexibility index (Phi) is 12.2. The molecule has 0 heterocycles. The van der Waals surface area contributed by atoms with E-state index in [2.05, 4.69) is 20.9 Å². The van der Waals surface area contributed by atoms with Crippen LogP contribution in [0.1, 0.15) is 24.0 Å². The third-order valence-electron chi connectivity index (χ3n) is 5.55. The van der Waals surface area contributed by atoms with Gasteiger partial charge in [-0.25, -0.2) is 4.79 Å². The highest BCUT2D eigenvalue weighted by Gasteiger charge is 2.25. The number of aliphatic imine (C=N–C) groups is 1. The Morgan fingerprint density at radius 1 is 0.816 bits per heavy atom. The van der Waals surface area contributed by atoms with Gasteiger partial charge in [0.1, 0.15) is 12.1 Å². The van der Waals surface area contributed by atoms with Crippen LogP contribution in [-0.4, -0.2) is 66.0 Å². The lowest BCUT2D eigenvalue weighted by molar-refractivity contribution is -0.141. The number of carboxylic acids is 1. The lowest BCUT2D eigenvalue weighted by Gasteiger charge is -2.21. The van der Waals surface area contributed by atoms with Crippen LogP contribution in [0.4, 0.5) is 0 Å². The fraction of sp³-hybridized carbons (Fsp3) is 0.346. The van der Waals surface area contributed by atoms with E-state index < -0.39 is 48.4 Å². The normalized spacial score (nSPS) is 12.9. The Balaban J connectivity index is 1.96. The number of amides is 3. The van der Waals surface area contributed by atoms with Crippen molar-refractivity contribution in [3.05, 3.63) is 71.8 Å². The minimum absolute atomic E-state index is 0.0820. The Labute approximate surface area is 221 Å². The number of hydrogen-bond acceptors (Lipinski definition) is 6. The fourth-order valence-electron chi connectivity index (χ4n) is 3.60. The standard InChI is InChI=1S/C26H35N7O5/c27-19(14-17-8-3-1-4-9-17)23(35)33-20(12-7-13-30-26(28)29)24(36)31-16-22(34)32-21(25(37)38)15-18-10-5-2-6-11-18/h1-6,8-11,19-21H,7,12-16,27H2,(H,31,36)(H,32,34)(H,33,35)(H,37,38)(H4,28,29,30). The molecule has 38 heavy (non-hydrogen) atoms. The Bertz CT molecular complexity index is 1090. The molecular formula is C26H35N7O5. The second-order valence-corrected chi connectivity index (χ2v) is 8.67. The van der Waals surface area contributed by atoms with Gasteiger partial charge in [0, 0.05) is 13.0 Å². The van der Waals surface area contributed by atoms with Gasteiger partial charge in [-0.2, -0.15) is 0 Å². The lowest BCUT2D eigenvalue weighted by atomic mass is 10.0. The first-order valence-electron chi connectivity index (χ1n) is 12.1. The van der Waals surface area contributed by atoms with Crippen LogP contribution in [0.3, 0.4) is 0 Å². The van der Waals surface area contributed by atoms with Crippen LogP contribution in [0.15, 0.2) is 65.7 Å². The van der Waals surface area contributed by atoms with E-state index in [-0.39, 0.29) is 31.8 Å². The number of guanidine groups is 1. The molecule has 0 aliphatic rings. The van der Waals surface area contributed by atoms with Crippen LogP contribution in [0.25, 0.3) is 0 Å². The third kappa shape index (κ3) is 11.1. The number of carbonyl (C=O) groups excluding carboxylic acids is 3. The van der Waals surface area contributed by atoms with E-state index in [4.69, 9.17) is 17.2 Å². The summed E-state index contributed by atoms with van der Waals surface area (Å²) in [7, 11) is 0. The fourth-order valence-corrected chi connectivity index (χ4v) is 3.60. The van der Waals surface area contributed by atoms with E-state index in [0.717, 1.165) is 11.1 Å². The number of aliphatic carboxylic acids is 1. The highest BCUT2D eigenvalue weighted by Crippen LogP contribution is 2.05. The minimum atomic E-state index is -1.20. The van der Waals surface area contributed by atoms with Crippen molar-refractivity contribution >= 4 is 29.7 Å². The van der Waals surface area contributed by atoms with Crippen LogP contribution in [0.5, 0.6) is 0 Å². The van der Waals surface area contributed by atoms with Gasteiger partial charge in [-0.15, -0.1) is 0 Å². The molecule has 3 atom stereocenters. The molecule has 2 aromatic carbocycles. The molecule has 0 saturated heterocycles. The molecule has 3 amide bonds. The van der Waals surface area contributed by atoms with Gasteiger partial charge in [0.05, 0.1) is 12.6 Å². The van der Waals surface area contributed by atoms with Crippen LogP contribution in [0.2, 0.25) is 0 Å². The van der Waals surface area contributed by atoms with Crippen molar-refractivity contribution in [3.63, 3.8) is 0 Å². The Morgan fingerprint density at radius 3 is 1.95 bits per heavy atom. The van der Waals surface area contributed by atoms with E-state index in [1.165, 1.54) is 0 Å². The highest BCUT2D eigenvalue weighted by atomic mass is 16.4. The molecule has 0 aliphatic heterocycles. The monoisotopic (exact) mass is 525 g/mol. The molecule has 0 radical (unpaired) electrons. The minimum Gasteiger partial charge on any atom is -0.480 e. The molecule has 0 fully saturated rings. The average molecular weight is 526 g/mol. The van der Waals surface area contributed by atoms with Crippen molar-refractivity contribution in [2.24, 2.45) is 22.2 Å². The van der Waals surface area contributed by atoms with Crippen molar-refractivity contribution in [3.8, 4) is 0 Å². The summed E-state index contributed by atoms with van der Waals surface area (Å²) in [5.74, 6) is -3.15. The summed E-state index contributed by atoms with van der Waals surface area (Å²) in [5.41, 5.74) is 18.3. The maximum atomic E-state index is 12.9. The molecule has 0 spiro atoms. The molecule has 3 unspecified atom stereocenters. The molecule has 204 valence electrons. The van der Waals surface area contributed by atoms with Gasteiger partial charge in [-0.05, 0) is 30.4 Å². The van der Waals surface area contributed by atoms with Gasteiger partial charge in [-0.3, -0.25) is 19.4 Å². The van der Waals surface area contributed by atoms with Gasteiger partial charge in [-0.1, -0.05) is 60.7 Å². The Morgan fingerprint density at radius 2 is 1.39 bits per heavy atom. The smallest absolute Gasteiger partial charge is 0.326 e. The van der Waals surface area contributed by atoms with Crippen LogP contribution in [-0.2, 0) is 32.0 Å². The summed E-state index contributed by atoms with van der Waals surface area (Å²) < 4.78 is 0. The van der Waals surface area contributed by atoms with Crippen molar-refractivity contribution in [2.45, 2.75) is 43.8 Å². The van der Waals surface area contributed by atoms with Gasteiger partial charge < -0.3 is 38.3 Å². The number of carboxylic acid groups (broad SMARTS) is 1. The van der Waals surface area contributed by atoms with E-state index in [9.17, 15) is 24.3 Å². The zero-order valence-corrected chi connectivity index (χ0v) is 21.0. The molecular weight excluding hydrogens is 490 g/mol.